The third kappa shape index (κ3) is 2.69. The summed E-state index contributed by atoms with van der Waals surface area (Å²) >= 11 is 0. The zero-order valence-electron chi connectivity index (χ0n) is 11.5. The van der Waals surface area contributed by atoms with Gasteiger partial charge in [-0.2, -0.15) is 4.98 Å². The Morgan fingerprint density at radius 2 is 2.16 bits per heavy atom. The van der Waals surface area contributed by atoms with E-state index in [0.717, 1.165) is 6.42 Å². The molecule has 0 aliphatic rings. The molecule has 0 aromatic carbocycles. The molecule has 2 N–H and O–H groups in total. The van der Waals surface area contributed by atoms with Crippen LogP contribution in [0.4, 0.5) is 0 Å². The molecule has 2 heterocycles. The van der Waals surface area contributed by atoms with Gasteiger partial charge in [0.1, 0.15) is 11.4 Å². The van der Waals surface area contributed by atoms with Gasteiger partial charge in [0.25, 0.3) is 5.89 Å². The molecule has 2 aromatic rings. The van der Waals surface area contributed by atoms with Gasteiger partial charge >= 0.3 is 0 Å². The fourth-order valence-corrected chi connectivity index (χ4v) is 1.78. The maximum atomic E-state index is 5.70. The Balaban J connectivity index is 2.27. The molecule has 0 aliphatic heterocycles. The Morgan fingerprint density at radius 1 is 1.37 bits per heavy atom. The van der Waals surface area contributed by atoms with E-state index in [1.54, 1.807) is 12.1 Å². The van der Waals surface area contributed by atoms with Gasteiger partial charge in [-0.15, -0.1) is 0 Å². The van der Waals surface area contributed by atoms with Crippen LogP contribution in [-0.2, 0) is 16.9 Å². The van der Waals surface area contributed by atoms with Gasteiger partial charge in [0.05, 0.1) is 6.54 Å². The smallest absolute Gasteiger partial charge is 0.293 e. The number of hydrogen-bond acceptors (Lipinski definition) is 6. The number of nitrogens with two attached hydrogens (primary N) is 1. The lowest BCUT2D eigenvalue weighted by atomic mass is 10.0. The van der Waals surface area contributed by atoms with Crippen molar-refractivity contribution in [1.29, 1.82) is 0 Å². The third-order valence-electron chi connectivity index (χ3n) is 3.11. The monoisotopic (exact) mass is 265 g/mol. The molecule has 0 fully saturated rings. The summed E-state index contributed by atoms with van der Waals surface area (Å²) in [5.74, 6) is 2.07. The van der Waals surface area contributed by atoms with E-state index in [1.165, 1.54) is 0 Å². The van der Waals surface area contributed by atoms with Crippen LogP contribution in [0.25, 0.3) is 11.7 Å². The topological polar surface area (TPSA) is 87.3 Å². The molecule has 19 heavy (non-hydrogen) atoms. The summed E-state index contributed by atoms with van der Waals surface area (Å²) in [6.45, 7) is 6.83. The fourth-order valence-electron chi connectivity index (χ4n) is 1.78. The van der Waals surface area contributed by atoms with Crippen molar-refractivity contribution < 1.29 is 13.7 Å². The van der Waals surface area contributed by atoms with Crippen LogP contribution in [0.3, 0.4) is 0 Å². The van der Waals surface area contributed by atoms with Crippen LogP contribution in [0, 0.1) is 0 Å². The minimum atomic E-state index is -0.542. The predicted octanol–water partition coefficient (Wildman–Crippen LogP) is 2.45. The second kappa shape index (κ2) is 5.54. The molecule has 0 saturated carbocycles. The van der Waals surface area contributed by atoms with Gasteiger partial charge in [-0.05, 0) is 32.4 Å². The quantitative estimate of drug-likeness (QED) is 0.863. The molecule has 0 spiro atoms. The van der Waals surface area contributed by atoms with Crippen molar-refractivity contribution in [2.75, 3.05) is 6.61 Å². The van der Waals surface area contributed by atoms with E-state index in [0.29, 0.717) is 36.4 Å². The highest BCUT2D eigenvalue weighted by atomic mass is 16.5. The highest BCUT2D eigenvalue weighted by Crippen LogP contribution is 2.29. The molecule has 6 nitrogen and oxygen atoms in total. The number of aromatic nitrogens is 2. The number of rotatable bonds is 6. The summed E-state index contributed by atoms with van der Waals surface area (Å²) < 4.78 is 16.4. The molecular weight excluding hydrogens is 246 g/mol. The molecule has 0 radical (unpaired) electrons. The molecule has 1 unspecified atom stereocenters. The van der Waals surface area contributed by atoms with Crippen molar-refractivity contribution in [2.24, 2.45) is 5.73 Å². The van der Waals surface area contributed by atoms with Crippen molar-refractivity contribution in [2.45, 2.75) is 39.3 Å². The second-order valence-corrected chi connectivity index (χ2v) is 4.41. The van der Waals surface area contributed by atoms with Crippen LogP contribution >= 0.6 is 0 Å². The summed E-state index contributed by atoms with van der Waals surface area (Å²) in [6.07, 6.45) is 0.756. The summed E-state index contributed by atoms with van der Waals surface area (Å²) in [4.78, 5) is 4.35. The molecule has 0 saturated heterocycles. The lowest BCUT2D eigenvalue weighted by Crippen LogP contribution is -2.26. The molecule has 1 atom stereocenters. The maximum absolute atomic E-state index is 5.70. The van der Waals surface area contributed by atoms with Gasteiger partial charge in [-0.1, -0.05) is 12.1 Å². The normalized spacial score (nSPS) is 14.5. The van der Waals surface area contributed by atoms with Gasteiger partial charge in [-0.25, -0.2) is 0 Å². The van der Waals surface area contributed by atoms with Crippen molar-refractivity contribution in [3.8, 4) is 11.7 Å². The van der Waals surface area contributed by atoms with Crippen molar-refractivity contribution in [1.82, 2.24) is 10.1 Å². The van der Waals surface area contributed by atoms with E-state index in [2.05, 4.69) is 10.1 Å². The van der Waals surface area contributed by atoms with E-state index in [9.17, 15) is 0 Å². The van der Waals surface area contributed by atoms with E-state index in [4.69, 9.17) is 19.4 Å². The SMILES string of the molecule is CCOC(C)(CC)c1noc(-c2ccc(CN)o2)n1. The number of hydrogen-bond donors (Lipinski definition) is 1. The number of furan rings is 1. The van der Waals surface area contributed by atoms with Gasteiger partial charge < -0.3 is 19.4 Å². The zero-order valence-corrected chi connectivity index (χ0v) is 11.5. The number of nitrogens with zero attached hydrogens (tertiary/aromatic N) is 2. The third-order valence-corrected chi connectivity index (χ3v) is 3.11. The molecular formula is C13H19N3O3. The van der Waals surface area contributed by atoms with Crippen molar-refractivity contribution in [3.63, 3.8) is 0 Å². The first kappa shape index (κ1) is 13.8. The van der Waals surface area contributed by atoms with Crippen molar-refractivity contribution >= 4 is 0 Å². The summed E-state index contributed by atoms with van der Waals surface area (Å²) in [6, 6.07) is 3.56. The molecule has 6 heteroatoms. The van der Waals surface area contributed by atoms with Crippen LogP contribution in [0.1, 0.15) is 38.8 Å². The first-order chi connectivity index (χ1) is 9.12. The summed E-state index contributed by atoms with van der Waals surface area (Å²) in [5.41, 5.74) is 4.95. The molecule has 2 rings (SSSR count). The Labute approximate surface area is 111 Å². The molecule has 104 valence electrons. The molecule has 0 bridgehead atoms. The van der Waals surface area contributed by atoms with Gasteiger partial charge in [0, 0.05) is 6.61 Å². The Hall–Kier alpha value is -1.66. The highest BCUT2D eigenvalue weighted by molar-refractivity contribution is 5.44. The Kier molecular flexibility index (Phi) is 4.01. The lowest BCUT2D eigenvalue weighted by molar-refractivity contribution is -0.0403. The Bertz CT molecular complexity index is 535. The zero-order chi connectivity index (χ0) is 13.9. The van der Waals surface area contributed by atoms with E-state index in [-0.39, 0.29) is 0 Å². The first-order valence-electron chi connectivity index (χ1n) is 6.40. The molecule has 0 aliphatic carbocycles. The summed E-state index contributed by atoms with van der Waals surface area (Å²) in [5, 5.41) is 3.99. The Morgan fingerprint density at radius 3 is 2.74 bits per heavy atom. The first-order valence-corrected chi connectivity index (χ1v) is 6.40. The molecule has 2 aromatic heterocycles. The standard InChI is InChI=1S/C13H19N3O3/c1-4-13(3,17-5-2)12-15-11(19-16-12)10-7-6-9(8-14)18-10/h6-7H,4-5,8,14H2,1-3H3. The average Bonchev–Trinajstić information content (AvgIpc) is 3.07. The van der Waals surface area contributed by atoms with Crippen molar-refractivity contribution in [3.05, 3.63) is 23.7 Å². The van der Waals surface area contributed by atoms with Crippen LogP contribution < -0.4 is 5.73 Å². The lowest BCUT2D eigenvalue weighted by Gasteiger charge is -2.23. The van der Waals surface area contributed by atoms with Crippen LogP contribution in [0.15, 0.2) is 21.1 Å². The molecule has 0 amide bonds. The van der Waals surface area contributed by atoms with Crippen LogP contribution in [-0.4, -0.2) is 16.7 Å². The maximum Gasteiger partial charge on any atom is 0.293 e. The minimum absolute atomic E-state index is 0.340. The summed E-state index contributed by atoms with van der Waals surface area (Å²) in [7, 11) is 0. The van der Waals surface area contributed by atoms with Gasteiger partial charge in [0.2, 0.25) is 5.82 Å². The van der Waals surface area contributed by atoms with Gasteiger partial charge in [0.15, 0.2) is 5.76 Å². The number of ether oxygens (including phenoxy) is 1. The highest BCUT2D eigenvalue weighted by Gasteiger charge is 2.31. The largest absolute Gasteiger partial charge is 0.455 e. The van der Waals surface area contributed by atoms with Crippen LogP contribution in [0.5, 0.6) is 0 Å². The van der Waals surface area contributed by atoms with E-state index in [1.807, 2.05) is 20.8 Å². The van der Waals surface area contributed by atoms with E-state index >= 15 is 0 Å². The average molecular weight is 265 g/mol. The van der Waals surface area contributed by atoms with Gasteiger partial charge in [-0.3, -0.25) is 0 Å². The second-order valence-electron chi connectivity index (χ2n) is 4.41. The minimum Gasteiger partial charge on any atom is -0.455 e. The van der Waals surface area contributed by atoms with E-state index < -0.39 is 5.60 Å². The van der Waals surface area contributed by atoms with Crippen LogP contribution in [0.2, 0.25) is 0 Å². The predicted molar refractivity (Wildman–Crippen MR) is 69.2 cm³/mol. The fraction of sp³-hybridized carbons (Fsp3) is 0.538.